The van der Waals surface area contributed by atoms with Gasteiger partial charge in [-0.05, 0) is 30.0 Å². The van der Waals surface area contributed by atoms with Gasteiger partial charge in [-0.15, -0.1) is 11.3 Å². The fourth-order valence-electron chi connectivity index (χ4n) is 2.88. The summed E-state index contributed by atoms with van der Waals surface area (Å²) in [4.78, 5) is 18.4. The Bertz CT molecular complexity index is 793. The van der Waals surface area contributed by atoms with Crippen LogP contribution in [0.25, 0.3) is 10.9 Å². The van der Waals surface area contributed by atoms with Crippen LogP contribution in [0.3, 0.4) is 0 Å². The third kappa shape index (κ3) is 3.30. The number of carbonyl (C=O) groups is 1. The van der Waals surface area contributed by atoms with Crippen molar-refractivity contribution in [3.63, 3.8) is 0 Å². The molecule has 0 aliphatic heterocycles. The Morgan fingerprint density at radius 2 is 2.13 bits per heavy atom. The molecule has 0 aliphatic carbocycles. The van der Waals surface area contributed by atoms with E-state index in [-0.39, 0.29) is 11.8 Å². The normalized spacial score (nSPS) is 12.4. The molecule has 3 aromatic rings. The highest BCUT2D eigenvalue weighted by molar-refractivity contribution is 7.10. The Morgan fingerprint density at radius 3 is 2.87 bits per heavy atom. The third-order valence-electron chi connectivity index (χ3n) is 3.91. The van der Waals surface area contributed by atoms with Crippen LogP contribution in [0.5, 0.6) is 0 Å². The van der Waals surface area contributed by atoms with Crippen LogP contribution < -0.4 is 5.48 Å². The van der Waals surface area contributed by atoms with E-state index < -0.39 is 0 Å². The lowest BCUT2D eigenvalue weighted by atomic mass is 9.93. The van der Waals surface area contributed by atoms with E-state index in [0.29, 0.717) is 13.0 Å². The topological polar surface area (TPSA) is 43.3 Å². The Labute approximate surface area is 139 Å². The van der Waals surface area contributed by atoms with Crippen LogP contribution in [0.15, 0.2) is 48.0 Å². The van der Waals surface area contributed by atoms with E-state index in [1.165, 1.54) is 21.3 Å². The summed E-state index contributed by atoms with van der Waals surface area (Å²) in [5.41, 5.74) is 4.86. The van der Waals surface area contributed by atoms with Gasteiger partial charge in [-0.1, -0.05) is 24.3 Å². The van der Waals surface area contributed by atoms with E-state index in [9.17, 15) is 4.79 Å². The second kappa shape index (κ2) is 6.98. The smallest absolute Gasteiger partial charge is 0.244 e. The van der Waals surface area contributed by atoms with Crippen LogP contribution in [0.2, 0.25) is 0 Å². The molecule has 1 amide bonds. The summed E-state index contributed by atoms with van der Waals surface area (Å²) >= 11 is 1.68. The quantitative estimate of drug-likeness (QED) is 0.699. The molecule has 1 atom stereocenters. The van der Waals surface area contributed by atoms with Gasteiger partial charge in [0, 0.05) is 41.4 Å². The standard InChI is InChI=1S/C18H20N2O2S/c1-3-22-19-18(21)11-14(17-9-6-10-23-17)15-12-20(2)16-8-5-4-7-13(15)16/h4-10,12,14H,3,11H2,1-2H3,(H,19,21). The first-order valence-electron chi connectivity index (χ1n) is 7.68. The zero-order chi connectivity index (χ0) is 16.2. The number of carbonyl (C=O) groups excluding carboxylic acids is 1. The summed E-state index contributed by atoms with van der Waals surface area (Å²) in [6.07, 6.45) is 2.50. The number of fused-ring (bicyclic) bond motifs is 1. The van der Waals surface area contributed by atoms with Crippen molar-refractivity contribution >= 4 is 28.1 Å². The molecule has 23 heavy (non-hydrogen) atoms. The molecule has 1 aromatic carbocycles. The van der Waals surface area contributed by atoms with Crippen molar-refractivity contribution < 1.29 is 9.63 Å². The van der Waals surface area contributed by atoms with Gasteiger partial charge >= 0.3 is 0 Å². The predicted octanol–water partition coefficient (Wildman–Crippen LogP) is 3.83. The highest BCUT2D eigenvalue weighted by Gasteiger charge is 2.23. The largest absolute Gasteiger partial charge is 0.350 e. The first-order valence-corrected chi connectivity index (χ1v) is 8.56. The molecule has 0 radical (unpaired) electrons. The number of hydroxylamine groups is 1. The van der Waals surface area contributed by atoms with Crippen molar-refractivity contribution in [2.75, 3.05) is 6.61 Å². The Hall–Kier alpha value is -2.11. The van der Waals surface area contributed by atoms with E-state index in [1.807, 2.05) is 37.6 Å². The van der Waals surface area contributed by atoms with Gasteiger partial charge in [0.05, 0.1) is 6.61 Å². The van der Waals surface area contributed by atoms with Crippen molar-refractivity contribution in [3.8, 4) is 0 Å². The summed E-state index contributed by atoms with van der Waals surface area (Å²) in [5.74, 6) is -0.0697. The number of nitrogens with one attached hydrogen (secondary N) is 1. The lowest BCUT2D eigenvalue weighted by Gasteiger charge is -2.15. The van der Waals surface area contributed by atoms with E-state index in [2.05, 4.69) is 34.4 Å². The van der Waals surface area contributed by atoms with Gasteiger partial charge in [0.2, 0.25) is 5.91 Å². The van der Waals surface area contributed by atoms with Crippen LogP contribution in [-0.2, 0) is 16.7 Å². The van der Waals surface area contributed by atoms with Crippen molar-refractivity contribution in [2.24, 2.45) is 7.05 Å². The minimum absolute atomic E-state index is 0.0292. The molecular formula is C18H20N2O2S. The molecule has 2 heterocycles. The number of aromatic nitrogens is 1. The fraction of sp³-hybridized carbons (Fsp3) is 0.278. The molecule has 0 saturated heterocycles. The molecular weight excluding hydrogens is 308 g/mol. The van der Waals surface area contributed by atoms with E-state index in [4.69, 9.17) is 4.84 Å². The number of benzene rings is 1. The summed E-state index contributed by atoms with van der Waals surface area (Å²) in [5, 5.41) is 3.24. The fourth-order valence-corrected chi connectivity index (χ4v) is 3.73. The molecule has 2 aromatic heterocycles. The van der Waals surface area contributed by atoms with Crippen molar-refractivity contribution in [1.29, 1.82) is 0 Å². The highest BCUT2D eigenvalue weighted by Crippen LogP contribution is 2.36. The number of thiophene rings is 1. The molecule has 0 bridgehead atoms. The van der Waals surface area contributed by atoms with Gasteiger partial charge in [-0.3, -0.25) is 9.63 Å². The maximum Gasteiger partial charge on any atom is 0.244 e. The number of hydrogen-bond acceptors (Lipinski definition) is 3. The molecule has 3 rings (SSSR count). The molecule has 4 nitrogen and oxygen atoms in total. The van der Waals surface area contributed by atoms with Gasteiger partial charge in [-0.25, -0.2) is 5.48 Å². The van der Waals surface area contributed by atoms with Crippen LogP contribution in [0.4, 0.5) is 0 Å². The summed E-state index contributed by atoms with van der Waals surface area (Å²) < 4.78 is 2.12. The molecule has 5 heteroatoms. The lowest BCUT2D eigenvalue weighted by Crippen LogP contribution is -2.25. The molecule has 0 spiro atoms. The second-order valence-electron chi connectivity index (χ2n) is 5.44. The number of aryl methyl sites for hydroxylation is 1. The molecule has 120 valence electrons. The third-order valence-corrected chi connectivity index (χ3v) is 4.90. The molecule has 1 unspecified atom stereocenters. The maximum absolute atomic E-state index is 12.2. The SMILES string of the molecule is CCONC(=O)CC(c1cccs1)c1cn(C)c2ccccc12. The number of hydrogen-bond donors (Lipinski definition) is 1. The van der Waals surface area contributed by atoms with E-state index >= 15 is 0 Å². The van der Waals surface area contributed by atoms with E-state index in [1.54, 1.807) is 11.3 Å². The highest BCUT2D eigenvalue weighted by atomic mass is 32.1. The van der Waals surface area contributed by atoms with Crippen molar-refractivity contribution in [2.45, 2.75) is 19.3 Å². The van der Waals surface area contributed by atoms with Gasteiger partial charge in [0.15, 0.2) is 0 Å². The summed E-state index contributed by atoms with van der Waals surface area (Å²) in [6.45, 7) is 2.31. The lowest BCUT2D eigenvalue weighted by molar-refractivity contribution is -0.133. The predicted molar refractivity (Wildman–Crippen MR) is 93.5 cm³/mol. The number of nitrogens with zero attached hydrogens (tertiary/aromatic N) is 1. The Kier molecular flexibility index (Phi) is 4.79. The van der Waals surface area contributed by atoms with Crippen LogP contribution >= 0.6 is 11.3 Å². The summed E-state index contributed by atoms with van der Waals surface area (Å²) in [7, 11) is 2.04. The summed E-state index contributed by atoms with van der Waals surface area (Å²) in [6, 6.07) is 12.4. The zero-order valence-electron chi connectivity index (χ0n) is 13.3. The van der Waals surface area contributed by atoms with Gasteiger partial charge in [0.25, 0.3) is 0 Å². The molecule has 1 N–H and O–H groups in total. The van der Waals surface area contributed by atoms with E-state index in [0.717, 1.165) is 0 Å². The number of rotatable bonds is 6. The van der Waals surface area contributed by atoms with Crippen molar-refractivity contribution in [1.82, 2.24) is 10.0 Å². The molecule has 0 fully saturated rings. The van der Waals surface area contributed by atoms with Crippen molar-refractivity contribution in [3.05, 3.63) is 58.4 Å². The average molecular weight is 328 g/mol. The molecule has 0 aliphatic rings. The maximum atomic E-state index is 12.2. The first-order chi connectivity index (χ1) is 11.2. The van der Waals surface area contributed by atoms with Crippen LogP contribution in [0, 0.1) is 0 Å². The monoisotopic (exact) mass is 328 g/mol. The van der Waals surface area contributed by atoms with Crippen LogP contribution in [0.1, 0.15) is 29.7 Å². The zero-order valence-corrected chi connectivity index (χ0v) is 14.1. The minimum atomic E-state index is -0.0989. The number of amides is 1. The Balaban J connectivity index is 1.99. The molecule has 0 saturated carbocycles. The van der Waals surface area contributed by atoms with Gasteiger partial charge < -0.3 is 4.57 Å². The van der Waals surface area contributed by atoms with Gasteiger partial charge in [0.1, 0.15) is 0 Å². The average Bonchev–Trinajstić information content (AvgIpc) is 3.20. The van der Waals surface area contributed by atoms with Crippen LogP contribution in [-0.4, -0.2) is 17.1 Å². The first kappa shape index (κ1) is 15.8. The van der Waals surface area contributed by atoms with Gasteiger partial charge in [-0.2, -0.15) is 0 Å². The Morgan fingerprint density at radius 1 is 1.30 bits per heavy atom. The minimum Gasteiger partial charge on any atom is -0.350 e. The second-order valence-corrected chi connectivity index (χ2v) is 6.42. The number of para-hydroxylation sites is 1.